The van der Waals surface area contributed by atoms with E-state index in [1.54, 1.807) is 0 Å². The maximum Gasteiger partial charge on any atom is 0.225 e. The molecule has 2 N–H and O–H groups in total. The smallest absolute Gasteiger partial charge is 0.225 e. The van der Waals surface area contributed by atoms with Crippen LogP contribution in [0.25, 0.3) is 0 Å². The van der Waals surface area contributed by atoms with E-state index < -0.39 is 0 Å². The summed E-state index contributed by atoms with van der Waals surface area (Å²) in [5, 5.41) is 6.53. The van der Waals surface area contributed by atoms with E-state index in [-0.39, 0.29) is 17.9 Å². The molecule has 108 valence electrons. The summed E-state index contributed by atoms with van der Waals surface area (Å²) in [6.45, 7) is 4.43. The zero-order valence-electron chi connectivity index (χ0n) is 11.9. The number of nitrogens with one attached hydrogen (secondary N) is 2. The molecule has 3 unspecified atom stereocenters. The van der Waals surface area contributed by atoms with Gasteiger partial charge in [0.05, 0.1) is 12.5 Å². The third-order valence-corrected chi connectivity index (χ3v) is 4.37. The average Bonchev–Trinajstić information content (AvgIpc) is 2.97. The minimum atomic E-state index is 0.00669. The molecular formula is C16H22N2O2. The van der Waals surface area contributed by atoms with Gasteiger partial charge in [0.1, 0.15) is 0 Å². The molecule has 1 saturated heterocycles. The van der Waals surface area contributed by atoms with Gasteiger partial charge in [-0.3, -0.25) is 4.79 Å². The van der Waals surface area contributed by atoms with E-state index in [4.69, 9.17) is 4.74 Å². The zero-order valence-corrected chi connectivity index (χ0v) is 11.9. The van der Waals surface area contributed by atoms with Crippen molar-refractivity contribution in [1.82, 2.24) is 5.32 Å². The second-order valence-electron chi connectivity index (χ2n) is 5.88. The first-order chi connectivity index (χ1) is 9.74. The molecule has 1 aromatic carbocycles. The van der Waals surface area contributed by atoms with Crippen LogP contribution in [-0.2, 0) is 16.0 Å². The number of fused-ring (bicyclic) bond motifs is 1. The quantitative estimate of drug-likeness (QED) is 0.884. The highest BCUT2D eigenvalue weighted by molar-refractivity contribution is 5.81. The highest BCUT2D eigenvalue weighted by atomic mass is 16.5. The predicted molar refractivity (Wildman–Crippen MR) is 78.7 cm³/mol. The van der Waals surface area contributed by atoms with Gasteiger partial charge in [0, 0.05) is 30.8 Å². The fourth-order valence-corrected chi connectivity index (χ4v) is 3.04. The number of hydrogen-bond acceptors (Lipinski definition) is 3. The summed E-state index contributed by atoms with van der Waals surface area (Å²) in [6, 6.07) is 8.40. The van der Waals surface area contributed by atoms with Gasteiger partial charge in [-0.25, -0.2) is 0 Å². The van der Waals surface area contributed by atoms with Crippen molar-refractivity contribution in [3.63, 3.8) is 0 Å². The van der Waals surface area contributed by atoms with Crippen molar-refractivity contribution >= 4 is 11.6 Å². The lowest BCUT2D eigenvalue weighted by molar-refractivity contribution is -0.125. The lowest BCUT2D eigenvalue weighted by atomic mass is 9.87. The van der Waals surface area contributed by atoms with Crippen LogP contribution >= 0.6 is 0 Å². The zero-order chi connectivity index (χ0) is 13.9. The van der Waals surface area contributed by atoms with Crippen LogP contribution in [0.2, 0.25) is 0 Å². The molecule has 3 atom stereocenters. The Kier molecular flexibility index (Phi) is 3.92. The fourth-order valence-electron chi connectivity index (χ4n) is 3.04. The normalized spacial score (nSPS) is 28.6. The van der Waals surface area contributed by atoms with E-state index in [9.17, 15) is 4.79 Å². The van der Waals surface area contributed by atoms with Crippen LogP contribution in [-0.4, -0.2) is 31.7 Å². The van der Waals surface area contributed by atoms with Crippen LogP contribution in [0.5, 0.6) is 0 Å². The number of carbonyl (C=O) groups excluding carboxylic acids is 1. The summed E-state index contributed by atoms with van der Waals surface area (Å²) in [4.78, 5) is 12.4. The Hall–Kier alpha value is -1.55. The van der Waals surface area contributed by atoms with Gasteiger partial charge in [0.15, 0.2) is 0 Å². The molecule has 2 heterocycles. The molecule has 0 aliphatic carbocycles. The number of hydrogen-bond donors (Lipinski definition) is 2. The van der Waals surface area contributed by atoms with E-state index in [0.717, 1.165) is 38.3 Å². The molecule has 1 fully saturated rings. The second-order valence-corrected chi connectivity index (χ2v) is 5.88. The van der Waals surface area contributed by atoms with Crippen LogP contribution in [0.3, 0.4) is 0 Å². The Labute approximate surface area is 119 Å². The van der Waals surface area contributed by atoms with Crippen molar-refractivity contribution in [3.8, 4) is 0 Å². The fraction of sp³-hybridized carbons (Fsp3) is 0.562. The molecule has 4 nitrogen and oxygen atoms in total. The van der Waals surface area contributed by atoms with E-state index in [1.165, 1.54) is 5.56 Å². The first-order valence-electron chi connectivity index (χ1n) is 7.44. The molecule has 0 saturated carbocycles. The molecular weight excluding hydrogens is 252 g/mol. The van der Waals surface area contributed by atoms with Crippen LogP contribution in [0.1, 0.15) is 18.9 Å². The summed E-state index contributed by atoms with van der Waals surface area (Å²) < 4.78 is 5.34. The van der Waals surface area contributed by atoms with Gasteiger partial charge < -0.3 is 15.4 Å². The number of rotatable bonds is 3. The van der Waals surface area contributed by atoms with Crippen molar-refractivity contribution in [3.05, 3.63) is 29.8 Å². The van der Waals surface area contributed by atoms with E-state index in [0.29, 0.717) is 5.92 Å². The molecule has 0 radical (unpaired) electrons. The van der Waals surface area contributed by atoms with Gasteiger partial charge >= 0.3 is 0 Å². The lowest BCUT2D eigenvalue weighted by Gasteiger charge is -2.31. The predicted octanol–water partition coefficient (Wildman–Crippen LogP) is 1.81. The summed E-state index contributed by atoms with van der Waals surface area (Å²) in [6.07, 6.45) is 1.87. The van der Waals surface area contributed by atoms with Crippen LogP contribution < -0.4 is 10.6 Å². The highest BCUT2D eigenvalue weighted by Gasteiger charge is 2.30. The van der Waals surface area contributed by atoms with Crippen molar-refractivity contribution in [2.24, 2.45) is 11.8 Å². The molecule has 3 rings (SSSR count). The topological polar surface area (TPSA) is 50.4 Å². The van der Waals surface area contributed by atoms with Gasteiger partial charge in [-0.05, 0) is 31.4 Å². The molecule has 0 aromatic heterocycles. The summed E-state index contributed by atoms with van der Waals surface area (Å²) >= 11 is 0. The largest absolute Gasteiger partial charge is 0.382 e. The van der Waals surface area contributed by atoms with E-state index in [2.05, 4.69) is 29.7 Å². The lowest BCUT2D eigenvalue weighted by Crippen LogP contribution is -2.44. The first-order valence-corrected chi connectivity index (χ1v) is 7.44. The number of amides is 1. The average molecular weight is 274 g/mol. The van der Waals surface area contributed by atoms with Crippen LogP contribution in [0.4, 0.5) is 5.69 Å². The summed E-state index contributed by atoms with van der Waals surface area (Å²) in [5.41, 5.74) is 2.39. The molecule has 2 aliphatic heterocycles. The highest BCUT2D eigenvalue weighted by Crippen LogP contribution is 2.28. The molecule has 20 heavy (non-hydrogen) atoms. The van der Waals surface area contributed by atoms with Gasteiger partial charge in [0.2, 0.25) is 5.91 Å². The number of carbonyl (C=O) groups is 1. The first kappa shape index (κ1) is 13.4. The van der Waals surface area contributed by atoms with Gasteiger partial charge in [0.25, 0.3) is 0 Å². The molecule has 0 spiro atoms. The van der Waals surface area contributed by atoms with E-state index >= 15 is 0 Å². The molecule has 0 bridgehead atoms. The van der Waals surface area contributed by atoms with Crippen LogP contribution in [0.15, 0.2) is 24.3 Å². The molecule has 2 aliphatic rings. The van der Waals surface area contributed by atoms with Gasteiger partial charge in [-0.1, -0.05) is 18.2 Å². The molecule has 4 heteroatoms. The summed E-state index contributed by atoms with van der Waals surface area (Å²) in [5.74, 6) is 0.650. The molecule has 1 aromatic rings. The minimum absolute atomic E-state index is 0.00669. The SMILES string of the molecule is CC1Nc2ccccc2CC1C(=O)NCC1CCOC1. The Balaban J connectivity index is 1.60. The number of ether oxygens (including phenoxy) is 1. The molecule has 1 amide bonds. The maximum atomic E-state index is 12.4. The number of anilines is 1. The Morgan fingerprint density at radius 2 is 2.30 bits per heavy atom. The van der Waals surface area contributed by atoms with Crippen molar-refractivity contribution in [2.75, 3.05) is 25.1 Å². The Bertz CT molecular complexity index is 483. The van der Waals surface area contributed by atoms with E-state index in [1.807, 2.05) is 12.1 Å². The van der Waals surface area contributed by atoms with Gasteiger partial charge in [-0.15, -0.1) is 0 Å². The Morgan fingerprint density at radius 3 is 3.10 bits per heavy atom. The van der Waals surface area contributed by atoms with Crippen LogP contribution in [0, 0.1) is 11.8 Å². The van der Waals surface area contributed by atoms with Crippen molar-refractivity contribution in [1.29, 1.82) is 0 Å². The number of benzene rings is 1. The standard InChI is InChI=1S/C16H22N2O2/c1-11-14(8-13-4-2-3-5-15(13)18-11)16(19)17-9-12-6-7-20-10-12/h2-5,11-12,14,18H,6-10H2,1H3,(H,17,19). The maximum absolute atomic E-state index is 12.4. The third kappa shape index (κ3) is 2.80. The monoisotopic (exact) mass is 274 g/mol. The second kappa shape index (κ2) is 5.83. The minimum Gasteiger partial charge on any atom is -0.382 e. The Morgan fingerprint density at radius 1 is 1.45 bits per heavy atom. The third-order valence-electron chi connectivity index (χ3n) is 4.37. The number of para-hydroxylation sites is 1. The van der Waals surface area contributed by atoms with Crippen molar-refractivity contribution < 1.29 is 9.53 Å². The summed E-state index contributed by atoms with van der Waals surface area (Å²) in [7, 11) is 0. The van der Waals surface area contributed by atoms with Gasteiger partial charge in [-0.2, -0.15) is 0 Å². The van der Waals surface area contributed by atoms with Crippen molar-refractivity contribution in [2.45, 2.75) is 25.8 Å².